The largest absolute Gasteiger partial charge is 0.481 e. The average Bonchev–Trinajstić information content (AvgIpc) is 3.68. The number of carbonyl (C=O) groups excluding carboxylic acids is 1. The predicted molar refractivity (Wildman–Crippen MR) is 188 cm³/mol. The first-order chi connectivity index (χ1) is 25.6. The molecule has 7 nitrogen and oxygen atoms in total. The molecule has 0 spiro atoms. The van der Waals surface area contributed by atoms with Gasteiger partial charge in [-0.15, -0.1) is 6.42 Å². The third-order valence-electron chi connectivity index (χ3n) is 10.4. The molecule has 0 bridgehead atoms. The van der Waals surface area contributed by atoms with Crippen molar-refractivity contribution in [2.45, 2.75) is 89.9 Å². The predicted octanol–water partition coefficient (Wildman–Crippen LogP) is 8.30. The van der Waals surface area contributed by atoms with Crippen molar-refractivity contribution >= 4 is 11.9 Å². The molecule has 1 aromatic heterocycles. The van der Waals surface area contributed by atoms with Gasteiger partial charge in [0.15, 0.2) is 0 Å². The average molecular weight is 780 g/mol. The number of piperidine rings is 1. The van der Waals surface area contributed by atoms with Crippen molar-refractivity contribution in [2.24, 2.45) is 11.8 Å². The smallest absolute Gasteiger partial charge is 0.416 e. The Labute approximate surface area is 312 Å². The van der Waals surface area contributed by atoms with Gasteiger partial charge in [-0.25, -0.2) is 22.0 Å². The van der Waals surface area contributed by atoms with Crippen LogP contribution in [0.5, 0.6) is 0 Å². The van der Waals surface area contributed by atoms with Crippen LogP contribution in [0.2, 0.25) is 0 Å². The molecule has 0 radical (unpaired) electrons. The number of amides is 1. The van der Waals surface area contributed by atoms with Crippen molar-refractivity contribution in [3.63, 3.8) is 0 Å². The van der Waals surface area contributed by atoms with E-state index < -0.39 is 94.0 Å². The van der Waals surface area contributed by atoms with E-state index in [0.717, 1.165) is 29.0 Å². The van der Waals surface area contributed by atoms with E-state index in [-0.39, 0.29) is 79.1 Å². The van der Waals surface area contributed by atoms with Crippen LogP contribution in [0.25, 0.3) is 11.1 Å². The van der Waals surface area contributed by atoms with Crippen molar-refractivity contribution < 1.29 is 49.8 Å². The minimum atomic E-state index is -4.96. The maximum atomic E-state index is 16.6. The minimum absolute atomic E-state index is 0.107. The number of nitrogens with one attached hydrogen (secondary N) is 1. The molecule has 296 valence electrons. The Hall–Kier alpha value is -4.71. The van der Waals surface area contributed by atoms with Gasteiger partial charge >= 0.3 is 12.1 Å². The topological polar surface area (TPSA) is 91.6 Å². The van der Waals surface area contributed by atoms with Crippen LogP contribution in [0.4, 0.5) is 35.1 Å². The standard InChI is InChI=1S/C40H41F8N3O4/c1-6-23-14-27(34-21(4)12-26(41)13-22(34)5)37(43)35(36(23)42)30(16-33(53)54)49-38(55)31(11-20(2)3)51-19-28(29(15-32(51)52)40(46,47)48)24-7-9-50(10-8-24)18-25-17-39(25,44)45/h1,12-15,19-20,24-25,30-31H,7-11,16-18H2,2-5H3,(H,49,55)(H,53,54)/t25?,30-,31+/m0/s1. The molecule has 1 aliphatic carbocycles. The van der Waals surface area contributed by atoms with Crippen LogP contribution in [0.15, 0.2) is 35.3 Å². The van der Waals surface area contributed by atoms with Gasteiger partial charge < -0.3 is 19.9 Å². The number of hydrogen-bond donors (Lipinski definition) is 2. The maximum absolute atomic E-state index is 16.6. The molecule has 1 saturated carbocycles. The molecule has 2 N–H and O–H groups in total. The number of aryl methyl sites for hydroxylation is 2. The summed E-state index contributed by atoms with van der Waals surface area (Å²) in [5, 5.41) is 12.2. The second-order valence-electron chi connectivity index (χ2n) is 15.0. The summed E-state index contributed by atoms with van der Waals surface area (Å²) in [7, 11) is 0. The third-order valence-corrected chi connectivity index (χ3v) is 10.4. The number of hydrogen-bond acceptors (Lipinski definition) is 4. The molecule has 1 amide bonds. The van der Waals surface area contributed by atoms with Gasteiger partial charge in [-0.3, -0.25) is 14.4 Å². The Kier molecular flexibility index (Phi) is 11.9. The van der Waals surface area contributed by atoms with Crippen molar-refractivity contribution in [2.75, 3.05) is 19.6 Å². The van der Waals surface area contributed by atoms with E-state index in [4.69, 9.17) is 6.42 Å². The van der Waals surface area contributed by atoms with Gasteiger partial charge in [0.2, 0.25) is 5.91 Å². The highest BCUT2D eigenvalue weighted by Gasteiger charge is 2.57. The molecule has 1 aliphatic heterocycles. The van der Waals surface area contributed by atoms with Crippen LogP contribution < -0.4 is 10.9 Å². The Morgan fingerprint density at radius 1 is 1.04 bits per heavy atom. The molecule has 2 fully saturated rings. The number of carbonyl (C=O) groups is 2. The fourth-order valence-electron chi connectivity index (χ4n) is 7.63. The molecule has 2 heterocycles. The molecular formula is C40H41F8N3O4. The summed E-state index contributed by atoms with van der Waals surface area (Å²) in [6.07, 6.45) is 0.387. The highest BCUT2D eigenvalue weighted by Crippen LogP contribution is 2.49. The second kappa shape index (κ2) is 15.8. The van der Waals surface area contributed by atoms with E-state index in [1.165, 1.54) is 13.8 Å². The molecule has 1 saturated heterocycles. The van der Waals surface area contributed by atoms with E-state index in [1.54, 1.807) is 18.7 Å². The molecule has 3 atom stereocenters. The number of benzene rings is 2. The monoisotopic (exact) mass is 779 g/mol. The van der Waals surface area contributed by atoms with Crippen molar-refractivity contribution in [1.82, 2.24) is 14.8 Å². The summed E-state index contributed by atoms with van der Waals surface area (Å²) >= 11 is 0. The van der Waals surface area contributed by atoms with Gasteiger partial charge in [0.1, 0.15) is 23.5 Å². The van der Waals surface area contributed by atoms with E-state index in [0.29, 0.717) is 6.07 Å². The Morgan fingerprint density at radius 2 is 1.64 bits per heavy atom. The number of aromatic nitrogens is 1. The third kappa shape index (κ3) is 9.06. The highest BCUT2D eigenvalue weighted by atomic mass is 19.4. The molecule has 2 aromatic carbocycles. The number of carboxylic acid groups (broad SMARTS) is 1. The minimum Gasteiger partial charge on any atom is -0.481 e. The maximum Gasteiger partial charge on any atom is 0.416 e. The second-order valence-corrected chi connectivity index (χ2v) is 15.0. The van der Waals surface area contributed by atoms with Crippen molar-refractivity contribution in [3.8, 4) is 23.5 Å². The van der Waals surface area contributed by atoms with Gasteiger partial charge in [-0.2, -0.15) is 13.2 Å². The van der Waals surface area contributed by atoms with Gasteiger partial charge in [-0.05, 0) is 98.5 Å². The fraction of sp³-hybridized carbons (Fsp3) is 0.475. The van der Waals surface area contributed by atoms with Crippen LogP contribution in [0.1, 0.15) is 97.3 Å². The van der Waals surface area contributed by atoms with E-state index in [1.807, 2.05) is 0 Å². The van der Waals surface area contributed by atoms with Crippen LogP contribution in [0.3, 0.4) is 0 Å². The van der Waals surface area contributed by atoms with Crippen LogP contribution in [-0.4, -0.2) is 52.0 Å². The number of carboxylic acids is 1. The molecule has 15 heteroatoms. The van der Waals surface area contributed by atoms with Gasteiger partial charge in [0.25, 0.3) is 11.5 Å². The zero-order chi connectivity index (χ0) is 40.7. The molecular weight excluding hydrogens is 738 g/mol. The lowest BCUT2D eigenvalue weighted by Crippen LogP contribution is -2.41. The SMILES string of the molecule is C#Cc1cc(-c2c(C)cc(F)cc2C)c(F)c([C@H](CC(=O)O)NC(=O)[C@@H](CC(C)C)n2cc(C3CCN(CC4CC4(F)F)CC3)c(C(F)(F)F)cc2=O)c1F. The Balaban J connectivity index is 1.56. The van der Waals surface area contributed by atoms with Crippen LogP contribution >= 0.6 is 0 Å². The molecule has 2 aliphatic rings. The molecule has 3 aromatic rings. The normalized spacial score (nSPS) is 18.5. The molecule has 5 rings (SSSR count). The number of aliphatic carboxylic acids is 1. The van der Waals surface area contributed by atoms with E-state index in [9.17, 15) is 45.8 Å². The fourth-order valence-corrected chi connectivity index (χ4v) is 7.63. The highest BCUT2D eigenvalue weighted by molar-refractivity contribution is 5.82. The number of nitrogens with zero attached hydrogens (tertiary/aromatic N) is 2. The summed E-state index contributed by atoms with van der Waals surface area (Å²) in [4.78, 5) is 41.5. The first-order valence-electron chi connectivity index (χ1n) is 17.8. The number of rotatable bonds is 12. The van der Waals surface area contributed by atoms with Crippen molar-refractivity contribution in [3.05, 3.63) is 91.6 Å². The Bertz CT molecular complexity index is 2060. The zero-order valence-corrected chi connectivity index (χ0v) is 30.6. The number of alkyl halides is 5. The summed E-state index contributed by atoms with van der Waals surface area (Å²) < 4.78 is 118. The van der Waals surface area contributed by atoms with Gasteiger partial charge in [-0.1, -0.05) is 19.8 Å². The zero-order valence-electron chi connectivity index (χ0n) is 30.6. The van der Waals surface area contributed by atoms with Crippen molar-refractivity contribution in [1.29, 1.82) is 0 Å². The number of halogens is 8. The number of likely N-dealkylation sites (tertiary alicyclic amines) is 1. The molecule has 1 unspecified atom stereocenters. The lowest BCUT2D eigenvalue weighted by molar-refractivity contribution is -0.139. The van der Waals surface area contributed by atoms with E-state index in [2.05, 4.69) is 11.2 Å². The molecule has 55 heavy (non-hydrogen) atoms. The van der Waals surface area contributed by atoms with Crippen LogP contribution in [-0.2, 0) is 15.8 Å². The van der Waals surface area contributed by atoms with Gasteiger partial charge in [0.05, 0.1) is 23.6 Å². The first-order valence-corrected chi connectivity index (χ1v) is 17.8. The lowest BCUT2D eigenvalue weighted by atomic mass is 9.87. The number of terminal acetylenes is 1. The quantitative estimate of drug-likeness (QED) is 0.143. The summed E-state index contributed by atoms with van der Waals surface area (Å²) in [5.74, 6) is -8.55. The van der Waals surface area contributed by atoms with Gasteiger partial charge in [0, 0.05) is 42.3 Å². The first kappa shape index (κ1) is 41.5. The van der Waals surface area contributed by atoms with Crippen LogP contribution in [0, 0.1) is 55.5 Å². The lowest BCUT2D eigenvalue weighted by Gasteiger charge is -2.34. The summed E-state index contributed by atoms with van der Waals surface area (Å²) in [5.41, 5.74) is -3.72. The van der Waals surface area contributed by atoms with E-state index >= 15 is 8.78 Å². The summed E-state index contributed by atoms with van der Waals surface area (Å²) in [6, 6.07) is 0.129. The number of pyridine rings is 1. The summed E-state index contributed by atoms with van der Waals surface area (Å²) in [6.45, 7) is 6.85. The Morgan fingerprint density at radius 3 is 2.15 bits per heavy atom.